The second kappa shape index (κ2) is 10.3. The normalized spacial score (nSPS) is 17.2. The van der Waals surface area contributed by atoms with Gasteiger partial charge in [0.25, 0.3) is 5.91 Å². The molecular formula is C18H21NO5S2. The molecule has 1 heterocycles. The zero-order chi connectivity index (χ0) is 18.9. The molecule has 1 aliphatic rings. The molecule has 26 heavy (non-hydrogen) atoms. The smallest absolute Gasteiger partial charge is 0.331 e. The van der Waals surface area contributed by atoms with E-state index in [0.717, 1.165) is 10.5 Å². The number of methoxy groups -OCH3 is 1. The lowest BCUT2D eigenvalue weighted by Gasteiger charge is -2.30. The molecule has 2 rings (SSSR count). The summed E-state index contributed by atoms with van der Waals surface area (Å²) in [6.45, 7) is 0.449. The van der Waals surface area contributed by atoms with Crippen LogP contribution in [0.4, 0.5) is 0 Å². The lowest BCUT2D eigenvalue weighted by Crippen LogP contribution is -2.46. The predicted molar refractivity (Wildman–Crippen MR) is 103 cm³/mol. The van der Waals surface area contributed by atoms with Crippen molar-refractivity contribution in [3.63, 3.8) is 0 Å². The fraction of sp³-hybridized carbons (Fsp3) is 0.389. The van der Waals surface area contributed by atoms with Gasteiger partial charge in [-0.1, -0.05) is 12.1 Å². The van der Waals surface area contributed by atoms with Crippen molar-refractivity contribution in [3.05, 3.63) is 35.9 Å². The van der Waals surface area contributed by atoms with Gasteiger partial charge in [0.05, 0.1) is 7.11 Å². The van der Waals surface area contributed by atoms with Gasteiger partial charge >= 0.3 is 11.9 Å². The summed E-state index contributed by atoms with van der Waals surface area (Å²) in [5, 5.41) is -0.391. The molecule has 0 aromatic heterocycles. The monoisotopic (exact) mass is 395 g/mol. The molecule has 1 amide bonds. The number of hydrogen-bond donors (Lipinski definition) is 0. The molecule has 140 valence electrons. The van der Waals surface area contributed by atoms with Gasteiger partial charge in [0.15, 0.2) is 6.61 Å². The average molecular weight is 396 g/mol. The zero-order valence-electron chi connectivity index (χ0n) is 14.7. The van der Waals surface area contributed by atoms with Crippen LogP contribution in [0.3, 0.4) is 0 Å². The van der Waals surface area contributed by atoms with E-state index < -0.39 is 11.2 Å². The summed E-state index contributed by atoms with van der Waals surface area (Å²) < 4.78 is 9.71. The molecular weight excluding hydrogens is 374 g/mol. The van der Waals surface area contributed by atoms with E-state index >= 15 is 0 Å². The van der Waals surface area contributed by atoms with Crippen LogP contribution in [0, 0.1) is 0 Å². The van der Waals surface area contributed by atoms with Crippen LogP contribution in [-0.4, -0.2) is 66.8 Å². The molecule has 1 fully saturated rings. The van der Waals surface area contributed by atoms with Crippen LogP contribution >= 0.6 is 23.5 Å². The lowest BCUT2D eigenvalue weighted by atomic mass is 10.2. The van der Waals surface area contributed by atoms with E-state index in [-0.39, 0.29) is 25.0 Å². The molecule has 0 bridgehead atoms. The third-order valence-electron chi connectivity index (χ3n) is 3.75. The molecule has 0 unspecified atom stereocenters. The molecule has 0 N–H and O–H groups in total. The Bertz CT molecular complexity index is 675. The van der Waals surface area contributed by atoms with Crippen LogP contribution < -0.4 is 0 Å². The fourth-order valence-corrected chi connectivity index (χ4v) is 3.84. The SMILES string of the molecule is COC(=O)[C@@H]1CN(C(=O)COC(=O)/C=C/c2ccc(SC)cc2)CCS1. The van der Waals surface area contributed by atoms with Crippen LogP contribution in [0.1, 0.15) is 5.56 Å². The van der Waals surface area contributed by atoms with E-state index in [1.807, 2.05) is 30.5 Å². The molecule has 0 radical (unpaired) electrons. The highest BCUT2D eigenvalue weighted by Crippen LogP contribution is 2.20. The summed E-state index contributed by atoms with van der Waals surface area (Å²) in [4.78, 5) is 38.2. The van der Waals surface area contributed by atoms with Crippen molar-refractivity contribution in [1.29, 1.82) is 0 Å². The van der Waals surface area contributed by atoms with Gasteiger partial charge < -0.3 is 14.4 Å². The number of rotatable bonds is 6. The number of nitrogens with zero attached hydrogens (tertiary/aromatic N) is 1. The van der Waals surface area contributed by atoms with Gasteiger partial charge in [0.1, 0.15) is 5.25 Å². The number of esters is 2. The third-order valence-corrected chi connectivity index (χ3v) is 5.65. The Kier molecular flexibility index (Phi) is 8.06. The molecule has 1 saturated heterocycles. The molecule has 0 aliphatic carbocycles. The maximum Gasteiger partial charge on any atom is 0.331 e. The largest absolute Gasteiger partial charge is 0.468 e. The molecule has 6 nitrogen and oxygen atoms in total. The molecule has 1 atom stereocenters. The van der Waals surface area contributed by atoms with E-state index in [4.69, 9.17) is 9.47 Å². The minimum atomic E-state index is -0.580. The highest BCUT2D eigenvalue weighted by atomic mass is 32.2. The second-order valence-corrected chi connectivity index (χ2v) is 7.63. The lowest BCUT2D eigenvalue weighted by molar-refractivity contribution is -0.149. The van der Waals surface area contributed by atoms with Crippen LogP contribution in [0.25, 0.3) is 6.08 Å². The Morgan fingerprint density at radius 3 is 2.69 bits per heavy atom. The van der Waals surface area contributed by atoms with Crippen molar-refractivity contribution in [2.24, 2.45) is 0 Å². The first-order valence-corrected chi connectivity index (χ1v) is 10.3. The summed E-state index contributed by atoms with van der Waals surface area (Å²) in [5.41, 5.74) is 0.875. The van der Waals surface area contributed by atoms with Gasteiger partial charge in [-0.3, -0.25) is 9.59 Å². The summed E-state index contributed by atoms with van der Waals surface area (Å²) in [5.74, 6) is -0.598. The van der Waals surface area contributed by atoms with Gasteiger partial charge in [-0.2, -0.15) is 0 Å². The number of hydrogen-bond acceptors (Lipinski definition) is 7. The molecule has 0 saturated carbocycles. The van der Waals surface area contributed by atoms with Gasteiger partial charge in [-0.15, -0.1) is 23.5 Å². The maximum absolute atomic E-state index is 12.2. The van der Waals surface area contributed by atoms with Gasteiger partial charge in [-0.25, -0.2) is 4.79 Å². The summed E-state index contributed by atoms with van der Waals surface area (Å²) in [6.07, 6.45) is 4.93. The van der Waals surface area contributed by atoms with Crippen LogP contribution in [-0.2, 0) is 23.9 Å². The minimum absolute atomic E-state index is 0.269. The van der Waals surface area contributed by atoms with Crippen molar-refractivity contribution >= 4 is 47.4 Å². The van der Waals surface area contributed by atoms with Gasteiger partial charge in [0.2, 0.25) is 0 Å². The second-order valence-electron chi connectivity index (χ2n) is 5.44. The fourth-order valence-electron chi connectivity index (χ4n) is 2.30. The van der Waals surface area contributed by atoms with Crippen molar-refractivity contribution in [3.8, 4) is 0 Å². The highest BCUT2D eigenvalue weighted by molar-refractivity contribution is 8.00. The maximum atomic E-state index is 12.2. The number of amides is 1. The van der Waals surface area contributed by atoms with Crippen LogP contribution in [0.2, 0.25) is 0 Å². The predicted octanol–water partition coefficient (Wildman–Crippen LogP) is 2.08. The minimum Gasteiger partial charge on any atom is -0.468 e. The number of carbonyl (C=O) groups is 3. The summed E-state index contributed by atoms with van der Waals surface area (Å²) >= 11 is 3.10. The van der Waals surface area contributed by atoms with Gasteiger partial charge in [-0.05, 0) is 30.0 Å². The van der Waals surface area contributed by atoms with E-state index in [9.17, 15) is 14.4 Å². The Hall–Kier alpha value is -1.93. The van der Waals surface area contributed by atoms with E-state index in [2.05, 4.69) is 0 Å². The number of carbonyl (C=O) groups excluding carboxylic acids is 3. The molecule has 0 spiro atoms. The first kappa shape index (κ1) is 20.4. The summed E-state index contributed by atoms with van der Waals surface area (Å²) in [7, 11) is 1.33. The van der Waals surface area contributed by atoms with E-state index in [1.54, 1.807) is 17.8 Å². The molecule has 1 aromatic rings. The Balaban J connectivity index is 1.79. The van der Waals surface area contributed by atoms with Crippen LogP contribution in [0.5, 0.6) is 0 Å². The molecule has 1 aromatic carbocycles. The Morgan fingerprint density at radius 1 is 1.31 bits per heavy atom. The Morgan fingerprint density at radius 2 is 2.04 bits per heavy atom. The first-order chi connectivity index (χ1) is 12.5. The van der Waals surface area contributed by atoms with Crippen molar-refractivity contribution in [1.82, 2.24) is 4.90 Å². The van der Waals surface area contributed by atoms with Crippen molar-refractivity contribution in [2.45, 2.75) is 10.1 Å². The number of benzene rings is 1. The molecule has 8 heteroatoms. The average Bonchev–Trinajstić information content (AvgIpc) is 2.70. The zero-order valence-corrected chi connectivity index (χ0v) is 16.3. The van der Waals surface area contributed by atoms with Crippen molar-refractivity contribution < 1.29 is 23.9 Å². The van der Waals surface area contributed by atoms with E-state index in [0.29, 0.717) is 12.3 Å². The van der Waals surface area contributed by atoms with Gasteiger partial charge in [0, 0.05) is 29.8 Å². The topological polar surface area (TPSA) is 72.9 Å². The number of thioether (sulfide) groups is 2. The summed E-state index contributed by atoms with van der Waals surface area (Å²) in [6, 6.07) is 7.73. The van der Waals surface area contributed by atoms with Crippen LogP contribution in [0.15, 0.2) is 35.2 Å². The quantitative estimate of drug-likeness (QED) is 0.415. The third kappa shape index (κ3) is 6.10. The van der Waals surface area contributed by atoms with E-state index in [1.165, 1.54) is 29.8 Å². The Labute approximate surface area is 161 Å². The standard InChI is InChI=1S/C18H21NO5S2/c1-23-18(22)15-11-19(9-10-26-15)16(20)12-24-17(21)8-5-13-3-6-14(25-2)7-4-13/h3-8,15H,9-12H2,1-2H3/b8-5+/t15-/m0/s1. The first-order valence-electron chi connectivity index (χ1n) is 7.99. The molecule has 1 aliphatic heterocycles. The number of ether oxygens (including phenoxy) is 2. The van der Waals surface area contributed by atoms with Crippen molar-refractivity contribution in [2.75, 3.05) is 38.8 Å². The highest BCUT2D eigenvalue weighted by Gasteiger charge is 2.29.